The second kappa shape index (κ2) is 9.95. The molecule has 1 aliphatic heterocycles. The maximum Gasteiger partial charge on any atom is 0.416 e. The van der Waals surface area contributed by atoms with Crippen LogP contribution in [0.1, 0.15) is 45.5 Å². The Morgan fingerprint density at radius 2 is 1.76 bits per heavy atom. The number of benzene rings is 2. The highest BCUT2D eigenvalue weighted by molar-refractivity contribution is 5.94. The summed E-state index contributed by atoms with van der Waals surface area (Å²) in [4.78, 5) is 28.8. The SMILES string of the molecule is Cc1cc(C)c(NCC(=O)N(C)C2CCN(C(=O)c3cccc(C(F)(F)F)c3)CC2)c(C)c1N. The Balaban J connectivity index is 1.56. The van der Waals surface area contributed by atoms with E-state index in [0.717, 1.165) is 34.5 Å². The molecule has 2 aromatic carbocycles. The number of nitrogen functional groups attached to an aromatic ring is 1. The zero-order valence-electron chi connectivity index (χ0n) is 19.9. The molecule has 0 unspecified atom stereocenters. The van der Waals surface area contributed by atoms with Crippen molar-refractivity contribution in [2.75, 3.05) is 37.7 Å². The lowest BCUT2D eigenvalue weighted by molar-refractivity contribution is -0.137. The first-order valence-corrected chi connectivity index (χ1v) is 11.2. The van der Waals surface area contributed by atoms with Gasteiger partial charge in [-0.05, 0) is 68.5 Å². The molecule has 0 atom stereocenters. The number of aryl methyl sites for hydroxylation is 2. The Labute approximate surface area is 197 Å². The molecule has 0 radical (unpaired) electrons. The van der Waals surface area contributed by atoms with Gasteiger partial charge in [0.1, 0.15) is 0 Å². The largest absolute Gasteiger partial charge is 0.416 e. The highest BCUT2D eigenvalue weighted by Crippen LogP contribution is 2.30. The van der Waals surface area contributed by atoms with Crippen LogP contribution in [0.4, 0.5) is 24.5 Å². The molecule has 1 aliphatic rings. The van der Waals surface area contributed by atoms with Gasteiger partial charge in [0.15, 0.2) is 0 Å². The number of amides is 2. The van der Waals surface area contributed by atoms with Gasteiger partial charge in [0.05, 0.1) is 12.1 Å². The van der Waals surface area contributed by atoms with Gasteiger partial charge in [-0.1, -0.05) is 12.1 Å². The van der Waals surface area contributed by atoms with Crippen molar-refractivity contribution >= 4 is 23.2 Å². The summed E-state index contributed by atoms with van der Waals surface area (Å²) in [6.45, 7) is 6.69. The van der Waals surface area contributed by atoms with Crippen LogP contribution >= 0.6 is 0 Å². The van der Waals surface area contributed by atoms with E-state index in [2.05, 4.69) is 5.32 Å². The summed E-state index contributed by atoms with van der Waals surface area (Å²) in [5, 5.41) is 3.21. The molecule has 1 heterocycles. The second-order valence-electron chi connectivity index (χ2n) is 8.88. The Hall–Kier alpha value is -3.23. The number of hydrogen-bond acceptors (Lipinski definition) is 4. The summed E-state index contributed by atoms with van der Waals surface area (Å²) >= 11 is 0. The molecule has 0 saturated carbocycles. The number of rotatable bonds is 5. The van der Waals surface area contributed by atoms with Gasteiger partial charge in [-0.25, -0.2) is 0 Å². The molecular weight excluding hydrogens is 445 g/mol. The van der Waals surface area contributed by atoms with E-state index in [1.165, 1.54) is 12.1 Å². The third-order valence-corrected chi connectivity index (χ3v) is 6.58. The number of halogens is 3. The van der Waals surface area contributed by atoms with E-state index in [9.17, 15) is 22.8 Å². The quantitative estimate of drug-likeness (QED) is 0.628. The predicted octanol–water partition coefficient (Wildman–Crippen LogP) is 4.39. The first-order valence-electron chi connectivity index (χ1n) is 11.2. The van der Waals surface area contributed by atoms with Crippen LogP contribution in [0.2, 0.25) is 0 Å². The molecular formula is C25H31F3N4O2. The topological polar surface area (TPSA) is 78.7 Å². The van der Waals surface area contributed by atoms with Gasteiger partial charge in [-0.2, -0.15) is 13.2 Å². The first-order chi connectivity index (χ1) is 15.9. The minimum atomic E-state index is -4.50. The van der Waals surface area contributed by atoms with Crippen molar-refractivity contribution in [2.24, 2.45) is 0 Å². The van der Waals surface area contributed by atoms with Crippen LogP contribution in [0.5, 0.6) is 0 Å². The minimum Gasteiger partial charge on any atom is -0.398 e. The summed E-state index contributed by atoms with van der Waals surface area (Å²) in [6.07, 6.45) is -3.38. The number of nitrogens with two attached hydrogens (primary N) is 1. The van der Waals surface area contributed by atoms with Crippen molar-refractivity contribution in [1.82, 2.24) is 9.80 Å². The summed E-state index contributed by atoms with van der Waals surface area (Å²) in [5.74, 6) is -0.510. The molecule has 0 spiro atoms. The molecule has 1 fully saturated rings. The van der Waals surface area contributed by atoms with E-state index < -0.39 is 17.6 Å². The molecule has 9 heteroatoms. The Kier molecular flexibility index (Phi) is 7.43. The molecule has 34 heavy (non-hydrogen) atoms. The normalized spacial score (nSPS) is 14.7. The zero-order valence-corrected chi connectivity index (χ0v) is 19.9. The van der Waals surface area contributed by atoms with Gasteiger partial charge in [0, 0.05) is 43.1 Å². The van der Waals surface area contributed by atoms with Crippen molar-refractivity contribution in [3.05, 3.63) is 58.1 Å². The van der Waals surface area contributed by atoms with Crippen molar-refractivity contribution in [2.45, 2.75) is 45.8 Å². The number of piperidine rings is 1. The lowest BCUT2D eigenvalue weighted by Crippen LogP contribution is -2.48. The highest BCUT2D eigenvalue weighted by Gasteiger charge is 2.32. The van der Waals surface area contributed by atoms with E-state index >= 15 is 0 Å². The van der Waals surface area contributed by atoms with Crippen LogP contribution in [0.15, 0.2) is 30.3 Å². The van der Waals surface area contributed by atoms with Crippen molar-refractivity contribution < 1.29 is 22.8 Å². The molecule has 1 saturated heterocycles. The van der Waals surface area contributed by atoms with Crippen molar-refractivity contribution in [1.29, 1.82) is 0 Å². The molecule has 0 bridgehead atoms. The third kappa shape index (κ3) is 5.46. The Morgan fingerprint density at radius 3 is 2.38 bits per heavy atom. The molecule has 184 valence electrons. The molecule has 2 amide bonds. The van der Waals surface area contributed by atoms with E-state index in [1.54, 1.807) is 16.8 Å². The number of carbonyl (C=O) groups is 2. The molecule has 6 nitrogen and oxygen atoms in total. The Bertz CT molecular complexity index is 1080. The lowest BCUT2D eigenvalue weighted by atomic mass is 10.0. The van der Waals surface area contributed by atoms with Crippen LogP contribution in [0.25, 0.3) is 0 Å². The number of alkyl halides is 3. The fraction of sp³-hybridized carbons (Fsp3) is 0.440. The fourth-order valence-electron chi connectivity index (χ4n) is 4.43. The van der Waals surface area contributed by atoms with Crippen LogP contribution in [-0.2, 0) is 11.0 Å². The standard InChI is InChI=1S/C25H31F3N4O2/c1-15-12-16(2)23(17(3)22(15)29)30-14-21(33)31(4)20-8-10-32(11-9-20)24(34)18-6-5-7-19(13-18)25(26,27)28/h5-7,12-13,20,30H,8-11,14,29H2,1-4H3. The van der Waals surface area contributed by atoms with Crippen LogP contribution in [0.3, 0.4) is 0 Å². The van der Waals surface area contributed by atoms with E-state index in [0.29, 0.717) is 31.6 Å². The smallest absolute Gasteiger partial charge is 0.398 e. The number of anilines is 2. The van der Waals surface area contributed by atoms with E-state index in [1.807, 2.05) is 26.8 Å². The number of hydrogen-bond donors (Lipinski definition) is 2. The number of likely N-dealkylation sites (tertiary alicyclic amines) is 1. The summed E-state index contributed by atoms with van der Waals surface area (Å²) in [6, 6.07) is 6.41. The zero-order chi connectivity index (χ0) is 25.2. The van der Waals surface area contributed by atoms with Gasteiger partial charge in [-0.3, -0.25) is 9.59 Å². The van der Waals surface area contributed by atoms with Crippen molar-refractivity contribution in [3.8, 4) is 0 Å². The van der Waals surface area contributed by atoms with Gasteiger partial charge in [0.2, 0.25) is 5.91 Å². The van der Waals surface area contributed by atoms with Crippen LogP contribution in [-0.4, -0.2) is 54.3 Å². The van der Waals surface area contributed by atoms with E-state index in [4.69, 9.17) is 5.73 Å². The van der Waals surface area contributed by atoms with Gasteiger partial charge >= 0.3 is 6.18 Å². The summed E-state index contributed by atoms with van der Waals surface area (Å²) in [7, 11) is 1.74. The number of likely N-dealkylation sites (N-methyl/N-ethyl adjacent to an activating group) is 1. The van der Waals surface area contributed by atoms with Gasteiger partial charge in [0.25, 0.3) is 5.91 Å². The molecule has 0 aliphatic carbocycles. The minimum absolute atomic E-state index is 0.0185. The summed E-state index contributed by atoms with van der Waals surface area (Å²) < 4.78 is 38.9. The maximum atomic E-state index is 13.0. The lowest BCUT2D eigenvalue weighted by Gasteiger charge is -2.37. The van der Waals surface area contributed by atoms with Crippen molar-refractivity contribution in [3.63, 3.8) is 0 Å². The van der Waals surface area contributed by atoms with Gasteiger partial charge < -0.3 is 20.9 Å². The van der Waals surface area contributed by atoms with Crippen LogP contribution < -0.4 is 11.1 Å². The maximum absolute atomic E-state index is 13.0. The van der Waals surface area contributed by atoms with E-state index in [-0.39, 0.29) is 24.1 Å². The van der Waals surface area contributed by atoms with Gasteiger partial charge in [-0.15, -0.1) is 0 Å². The second-order valence-corrected chi connectivity index (χ2v) is 8.88. The highest BCUT2D eigenvalue weighted by atomic mass is 19.4. The number of nitrogens with zero attached hydrogens (tertiary/aromatic N) is 2. The van der Waals surface area contributed by atoms with Crippen LogP contribution in [0, 0.1) is 20.8 Å². The molecule has 0 aromatic heterocycles. The predicted molar refractivity (Wildman–Crippen MR) is 127 cm³/mol. The monoisotopic (exact) mass is 476 g/mol. The molecule has 2 aromatic rings. The average molecular weight is 477 g/mol. The Morgan fingerprint density at radius 1 is 1.12 bits per heavy atom. The summed E-state index contributed by atoms with van der Waals surface area (Å²) in [5.41, 5.74) is 9.77. The third-order valence-electron chi connectivity index (χ3n) is 6.58. The number of nitrogens with one attached hydrogen (secondary N) is 1. The number of carbonyl (C=O) groups excluding carboxylic acids is 2. The molecule has 3 N–H and O–H groups in total. The first kappa shape index (κ1) is 25.4. The molecule has 3 rings (SSSR count). The average Bonchev–Trinajstić information content (AvgIpc) is 2.81. The fourth-order valence-corrected chi connectivity index (χ4v) is 4.43.